The summed E-state index contributed by atoms with van der Waals surface area (Å²) in [5.74, 6) is -0.122. The van der Waals surface area contributed by atoms with Crippen LogP contribution < -0.4 is 15.4 Å². The maximum Gasteiger partial charge on any atom is 0.319 e. The highest BCUT2D eigenvalue weighted by molar-refractivity contribution is 7.22. The lowest BCUT2D eigenvalue weighted by atomic mass is 9.77. The molecule has 2 unspecified atom stereocenters. The number of fused-ring (bicyclic) bond motifs is 1. The summed E-state index contributed by atoms with van der Waals surface area (Å²) in [6.07, 6.45) is 10.3. The van der Waals surface area contributed by atoms with Crippen LogP contribution in [-0.4, -0.2) is 57.5 Å². The van der Waals surface area contributed by atoms with Crippen LogP contribution >= 0.6 is 11.3 Å². The Morgan fingerprint density at radius 2 is 2.00 bits per heavy atom. The molecule has 3 aromatic heterocycles. The maximum atomic E-state index is 15.0. The number of aromatic nitrogens is 2. The number of halogens is 1. The molecule has 2 atom stereocenters. The predicted molar refractivity (Wildman–Crippen MR) is 182 cm³/mol. The Morgan fingerprint density at radius 1 is 1.15 bits per heavy atom. The summed E-state index contributed by atoms with van der Waals surface area (Å²) in [4.78, 5) is 36.8. The quantitative estimate of drug-likeness (QED) is 0.128. The standard InChI is InChI=1S/C36H42FN5O4S/c1-3-24(30(44)21-43)11-13-36(4-2)14-16-42(22-36)20-23-5-9-28(39-19-23)33-18-29-34(47-33)32(12-15-38-29)46-31-10-8-26(17-27(31)37)41-35(45)40-25-6-7-25/h5,8-10,12,15,17-19,24-25,43H,3-4,6-7,11,13-14,16,20-22H2,1-2H3,(H2,40,41,45). The molecule has 47 heavy (non-hydrogen) atoms. The molecule has 9 nitrogen and oxygen atoms in total. The highest BCUT2D eigenvalue weighted by atomic mass is 32.1. The van der Waals surface area contributed by atoms with Crippen molar-refractivity contribution in [2.24, 2.45) is 11.3 Å². The maximum absolute atomic E-state index is 15.0. The number of urea groups is 1. The van der Waals surface area contributed by atoms with Crippen LogP contribution in [0, 0.1) is 17.2 Å². The lowest BCUT2D eigenvalue weighted by molar-refractivity contribution is -0.126. The van der Waals surface area contributed by atoms with E-state index in [1.54, 1.807) is 18.3 Å². The second-order valence-corrected chi connectivity index (χ2v) is 13.9. The molecule has 1 aliphatic heterocycles. The number of ketones is 1. The smallest absolute Gasteiger partial charge is 0.319 e. The Labute approximate surface area is 278 Å². The van der Waals surface area contributed by atoms with Gasteiger partial charge < -0.3 is 20.5 Å². The van der Waals surface area contributed by atoms with Gasteiger partial charge in [0.1, 0.15) is 12.4 Å². The third kappa shape index (κ3) is 7.97. The zero-order valence-corrected chi connectivity index (χ0v) is 27.7. The molecule has 6 rings (SSSR count). The summed E-state index contributed by atoms with van der Waals surface area (Å²) in [7, 11) is 0. The van der Waals surface area contributed by atoms with Gasteiger partial charge in [-0.05, 0) is 86.7 Å². The number of pyridine rings is 2. The summed E-state index contributed by atoms with van der Waals surface area (Å²) in [6.45, 7) is 6.73. The largest absolute Gasteiger partial charge is 0.453 e. The molecule has 1 aliphatic carbocycles. The molecule has 1 saturated carbocycles. The van der Waals surface area contributed by atoms with Gasteiger partial charge in [-0.25, -0.2) is 9.18 Å². The number of thiophene rings is 1. The van der Waals surface area contributed by atoms with E-state index in [1.165, 1.54) is 23.5 Å². The number of aliphatic hydroxyl groups excluding tert-OH is 1. The second kappa shape index (κ2) is 14.5. The second-order valence-electron chi connectivity index (χ2n) is 12.9. The number of hydrogen-bond donors (Lipinski definition) is 3. The minimum Gasteiger partial charge on any atom is -0.453 e. The van der Waals surface area contributed by atoms with Crippen LogP contribution in [0.1, 0.15) is 64.4 Å². The lowest BCUT2D eigenvalue weighted by Gasteiger charge is -2.30. The van der Waals surface area contributed by atoms with Gasteiger partial charge in [0.15, 0.2) is 17.3 Å². The topological polar surface area (TPSA) is 117 Å². The number of anilines is 1. The number of nitrogens with zero attached hydrogens (tertiary/aromatic N) is 3. The molecule has 248 valence electrons. The normalized spacial score (nSPS) is 18.7. The molecule has 1 aromatic carbocycles. The van der Waals surface area contributed by atoms with Gasteiger partial charge in [-0.15, -0.1) is 11.3 Å². The number of ether oxygens (including phenoxy) is 1. The summed E-state index contributed by atoms with van der Waals surface area (Å²) in [5.41, 5.74) is 3.27. The van der Waals surface area contributed by atoms with Crippen LogP contribution in [0.2, 0.25) is 0 Å². The molecule has 1 saturated heterocycles. The number of amides is 2. The molecular weight excluding hydrogens is 617 g/mol. The Balaban J connectivity index is 1.08. The lowest BCUT2D eigenvalue weighted by Crippen LogP contribution is -2.30. The molecule has 3 N–H and O–H groups in total. The zero-order valence-electron chi connectivity index (χ0n) is 26.9. The van der Waals surface area contributed by atoms with Gasteiger partial charge >= 0.3 is 6.03 Å². The molecule has 2 fully saturated rings. The molecule has 11 heteroatoms. The van der Waals surface area contributed by atoms with Gasteiger partial charge in [0.2, 0.25) is 0 Å². The highest BCUT2D eigenvalue weighted by Crippen LogP contribution is 2.41. The van der Waals surface area contributed by atoms with Gasteiger partial charge in [0.05, 0.1) is 20.8 Å². The molecule has 2 aliphatic rings. The number of rotatable bonds is 14. The number of likely N-dealkylation sites (tertiary alicyclic amines) is 1. The third-order valence-electron chi connectivity index (χ3n) is 9.58. The van der Waals surface area contributed by atoms with Crippen LogP contribution in [0.15, 0.2) is 54.9 Å². The average molecular weight is 660 g/mol. The van der Waals surface area contributed by atoms with Crippen molar-refractivity contribution in [3.05, 3.63) is 66.2 Å². The number of benzene rings is 1. The van der Waals surface area contributed by atoms with Crippen LogP contribution in [0.5, 0.6) is 11.5 Å². The molecule has 0 spiro atoms. The minimum absolute atomic E-state index is 0.0402. The number of aliphatic hydroxyl groups is 1. The van der Waals surface area contributed by atoms with E-state index in [2.05, 4.69) is 33.5 Å². The van der Waals surface area contributed by atoms with Crippen LogP contribution in [-0.2, 0) is 11.3 Å². The van der Waals surface area contributed by atoms with E-state index in [1.807, 2.05) is 25.3 Å². The first-order valence-electron chi connectivity index (χ1n) is 16.5. The van der Waals surface area contributed by atoms with Gasteiger partial charge in [0.25, 0.3) is 0 Å². The van der Waals surface area contributed by atoms with Gasteiger partial charge in [-0.3, -0.25) is 19.7 Å². The van der Waals surface area contributed by atoms with Crippen molar-refractivity contribution in [1.82, 2.24) is 20.2 Å². The summed E-state index contributed by atoms with van der Waals surface area (Å²) in [5, 5.41) is 14.8. The van der Waals surface area contributed by atoms with Crippen molar-refractivity contribution >= 4 is 39.1 Å². The van der Waals surface area contributed by atoms with E-state index < -0.39 is 5.82 Å². The number of carbonyl (C=O) groups excluding carboxylic acids is 2. The van der Waals surface area contributed by atoms with E-state index in [4.69, 9.17) is 9.72 Å². The average Bonchev–Trinajstić information content (AvgIpc) is 3.62. The Kier molecular flexibility index (Phi) is 10.1. The fourth-order valence-electron chi connectivity index (χ4n) is 6.44. The summed E-state index contributed by atoms with van der Waals surface area (Å²) < 4.78 is 21.7. The third-order valence-corrected chi connectivity index (χ3v) is 10.7. The summed E-state index contributed by atoms with van der Waals surface area (Å²) in [6, 6.07) is 12.1. The van der Waals surface area contributed by atoms with E-state index >= 15 is 0 Å². The van der Waals surface area contributed by atoms with Crippen molar-refractivity contribution < 1.29 is 23.8 Å². The molecular formula is C36H42FN5O4S. The molecule has 2 amide bonds. The zero-order chi connectivity index (χ0) is 33.0. The van der Waals surface area contributed by atoms with Gasteiger partial charge in [0, 0.05) is 55.3 Å². The van der Waals surface area contributed by atoms with Gasteiger partial charge in [-0.2, -0.15) is 0 Å². The Hall–Kier alpha value is -3.93. The van der Waals surface area contributed by atoms with Gasteiger partial charge in [-0.1, -0.05) is 19.9 Å². The molecule has 4 heterocycles. The first-order chi connectivity index (χ1) is 22.8. The van der Waals surface area contributed by atoms with Crippen molar-refractivity contribution in [3.63, 3.8) is 0 Å². The summed E-state index contributed by atoms with van der Waals surface area (Å²) >= 11 is 1.49. The van der Waals surface area contributed by atoms with Crippen molar-refractivity contribution in [2.45, 2.75) is 71.4 Å². The first kappa shape index (κ1) is 33.0. The molecule has 0 bridgehead atoms. The number of nitrogens with one attached hydrogen (secondary N) is 2. The fraction of sp³-hybridized carbons (Fsp3) is 0.444. The van der Waals surface area contributed by atoms with E-state index in [9.17, 15) is 19.1 Å². The first-order valence-corrected chi connectivity index (χ1v) is 17.3. The van der Waals surface area contributed by atoms with Crippen molar-refractivity contribution in [1.29, 1.82) is 0 Å². The van der Waals surface area contributed by atoms with Crippen LogP contribution in [0.3, 0.4) is 0 Å². The van der Waals surface area contributed by atoms with Crippen LogP contribution in [0.4, 0.5) is 14.9 Å². The van der Waals surface area contributed by atoms with E-state index in [-0.39, 0.29) is 41.5 Å². The SMILES string of the molecule is CCC(CCC1(CC)CCN(Cc2ccc(-c3cc4nccc(Oc5ccc(NC(=O)NC6CC6)cc5F)c4s3)nc2)C1)C(=O)CO. The Bertz CT molecular complexity index is 1730. The van der Waals surface area contributed by atoms with Crippen molar-refractivity contribution in [2.75, 3.05) is 25.0 Å². The minimum atomic E-state index is -0.579. The van der Waals surface area contributed by atoms with E-state index in [0.717, 1.165) is 90.9 Å². The predicted octanol–water partition coefficient (Wildman–Crippen LogP) is 7.54. The monoisotopic (exact) mass is 659 g/mol. The number of carbonyl (C=O) groups is 2. The molecule has 4 aromatic rings. The number of hydrogen-bond acceptors (Lipinski definition) is 8. The highest BCUT2D eigenvalue weighted by Gasteiger charge is 2.37. The molecule has 0 radical (unpaired) electrons. The van der Waals surface area contributed by atoms with Crippen LogP contribution in [0.25, 0.3) is 20.8 Å². The fourth-order valence-corrected chi connectivity index (χ4v) is 7.48. The van der Waals surface area contributed by atoms with E-state index in [0.29, 0.717) is 11.4 Å². The Morgan fingerprint density at radius 3 is 2.70 bits per heavy atom. The van der Waals surface area contributed by atoms with Crippen molar-refractivity contribution in [3.8, 4) is 22.1 Å². The number of Topliss-reactive ketones (excluding diaryl/α,β-unsaturated/α-hetero) is 1.